The Morgan fingerprint density at radius 1 is 1.67 bits per heavy atom. The number of H-pyrrole nitrogens is 1. The molecule has 1 aromatic heterocycles. The van der Waals surface area contributed by atoms with E-state index >= 15 is 0 Å². The van der Waals surface area contributed by atoms with Crippen molar-refractivity contribution in [3.63, 3.8) is 0 Å². The van der Waals surface area contributed by atoms with Crippen LogP contribution < -0.4 is 5.32 Å². The van der Waals surface area contributed by atoms with Gasteiger partial charge in [0.2, 0.25) is 0 Å². The second kappa shape index (κ2) is 7.35. The molecule has 116 valence electrons. The van der Waals surface area contributed by atoms with Crippen molar-refractivity contribution >= 4 is 23.8 Å². The molecule has 8 heteroatoms. The second-order valence-electron chi connectivity index (χ2n) is 4.97. The van der Waals surface area contributed by atoms with Crippen molar-refractivity contribution in [2.45, 2.75) is 31.1 Å². The minimum atomic E-state index is -1.05. The van der Waals surface area contributed by atoms with E-state index in [9.17, 15) is 14.7 Å². The maximum absolute atomic E-state index is 12.2. The van der Waals surface area contributed by atoms with Gasteiger partial charge in [-0.2, -0.15) is 11.8 Å². The van der Waals surface area contributed by atoms with Crippen LogP contribution in [0, 0.1) is 0 Å². The predicted molar refractivity (Wildman–Crippen MR) is 80.4 cm³/mol. The average molecular weight is 312 g/mol. The lowest BCUT2D eigenvalue weighted by atomic mass is 10.1. The summed E-state index contributed by atoms with van der Waals surface area (Å²) in [6.45, 7) is 3.42. The molecule has 0 bridgehead atoms. The number of thioether (sulfide) groups is 1. The summed E-state index contributed by atoms with van der Waals surface area (Å²) in [7, 11) is 0. The fourth-order valence-corrected chi connectivity index (χ4v) is 3.39. The molecule has 7 nitrogen and oxygen atoms in total. The third-order valence-electron chi connectivity index (χ3n) is 3.46. The van der Waals surface area contributed by atoms with Crippen LogP contribution in [-0.4, -0.2) is 62.1 Å². The number of carbonyl (C=O) groups excluding carboxylic acids is 1. The van der Waals surface area contributed by atoms with Crippen molar-refractivity contribution < 1.29 is 14.7 Å². The highest BCUT2D eigenvalue weighted by Crippen LogP contribution is 2.21. The molecule has 1 aromatic rings. The van der Waals surface area contributed by atoms with Crippen LogP contribution in [0.1, 0.15) is 19.0 Å². The first-order valence-electron chi connectivity index (χ1n) is 6.97. The highest BCUT2D eigenvalue weighted by molar-refractivity contribution is 8.00. The lowest BCUT2D eigenvalue weighted by molar-refractivity contribution is -0.139. The number of aromatic amines is 1. The molecule has 2 rings (SSSR count). The van der Waals surface area contributed by atoms with Crippen LogP contribution in [0.2, 0.25) is 0 Å². The van der Waals surface area contributed by atoms with Gasteiger partial charge in [-0.05, 0) is 6.42 Å². The monoisotopic (exact) mass is 312 g/mol. The fraction of sp³-hybridized carbons (Fsp3) is 0.615. The molecule has 1 aliphatic heterocycles. The molecule has 2 heterocycles. The molecule has 0 radical (unpaired) electrons. The quantitative estimate of drug-likeness (QED) is 0.751. The smallest absolute Gasteiger partial charge is 0.326 e. The van der Waals surface area contributed by atoms with E-state index in [0.717, 1.165) is 12.2 Å². The molecular weight excluding hydrogens is 292 g/mol. The van der Waals surface area contributed by atoms with Gasteiger partial charge in [-0.25, -0.2) is 14.6 Å². The molecule has 1 unspecified atom stereocenters. The maximum Gasteiger partial charge on any atom is 0.326 e. The summed E-state index contributed by atoms with van der Waals surface area (Å²) >= 11 is 1.86. The van der Waals surface area contributed by atoms with Gasteiger partial charge in [0.1, 0.15) is 6.04 Å². The van der Waals surface area contributed by atoms with Gasteiger partial charge in [0.25, 0.3) is 0 Å². The Labute approximate surface area is 127 Å². The first-order chi connectivity index (χ1) is 10.1. The summed E-state index contributed by atoms with van der Waals surface area (Å²) in [4.78, 5) is 31.9. The zero-order valence-corrected chi connectivity index (χ0v) is 12.7. The van der Waals surface area contributed by atoms with Crippen molar-refractivity contribution in [2.75, 3.05) is 18.8 Å². The van der Waals surface area contributed by atoms with Crippen molar-refractivity contribution in [3.05, 3.63) is 18.2 Å². The lowest BCUT2D eigenvalue weighted by Gasteiger charge is -2.32. The van der Waals surface area contributed by atoms with E-state index in [4.69, 9.17) is 0 Å². The molecule has 0 spiro atoms. The van der Waals surface area contributed by atoms with Crippen molar-refractivity contribution in [2.24, 2.45) is 0 Å². The van der Waals surface area contributed by atoms with Gasteiger partial charge in [0.15, 0.2) is 0 Å². The van der Waals surface area contributed by atoms with Gasteiger partial charge in [-0.1, -0.05) is 6.92 Å². The number of nitrogens with one attached hydrogen (secondary N) is 2. The number of aromatic nitrogens is 2. The van der Waals surface area contributed by atoms with E-state index in [1.807, 2.05) is 11.8 Å². The van der Waals surface area contributed by atoms with Crippen LogP contribution >= 0.6 is 11.8 Å². The average Bonchev–Trinajstić information content (AvgIpc) is 2.99. The standard InChI is InChI=1S/C13H20N4O3S/c1-2-10-7-17(3-4-21-10)13(20)16-11(12(18)19)5-9-6-14-8-15-9/h6,8,10-11H,2-5,7H2,1H3,(H,14,15)(H,16,20)(H,18,19)/t10?,11-/m1/s1. The summed E-state index contributed by atoms with van der Waals surface area (Å²) in [6.07, 6.45) is 4.25. The molecule has 2 atom stereocenters. The molecule has 1 fully saturated rings. The van der Waals surface area contributed by atoms with Gasteiger partial charge in [-0.15, -0.1) is 0 Å². The molecule has 1 saturated heterocycles. The van der Waals surface area contributed by atoms with E-state index < -0.39 is 12.0 Å². The second-order valence-corrected chi connectivity index (χ2v) is 6.38. The number of amides is 2. The molecule has 0 aromatic carbocycles. The summed E-state index contributed by atoms with van der Waals surface area (Å²) < 4.78 is 0. The SMILES string of the molecule is CCC1CN(C(=O)N[C@H](Cc2cnc[nH]2)C(=O)O)CCS1. The number of nitrogens with zero attached hydrogens (tertiary/aromatic N) is 2. The molecule has 3 N–H and O–H groups in total. The maximum atomic E-state index is 12.2. The number of carboxylic acid groups (broad SMARTS) is 1. The van der Waals surface area contributed by atoms with E-state index in [0.29, 0.717) is 24.0 Å². The summed E-state index contributed by atoms with van der Waals surface area (Å²) in [5.74, 6) is -0.152. The first-order valence-corrected chi connectivity index (χ1v) is 8.02. The minimum absolute atomic E-state index is 0.195. The Hall–Kier alpha value is -1.70. The summed E-state index contributed by atoms with van der Waals surface area (Å²) in [5.41, 5.74) is 0.684. The normalized spacial score (nSPS) is 20.0. The predicted octanol–water partition coefficient (Wildman–Crippen LogP) is 0.942. The zero-order chi connectivity index (χ0) is 15.2. The Kier molecular flexibility index (Phi) is 5.49. The molecule has 2 amide bonds. The summed E-state index contributed by atoms with van der Waals surface area (Å²) in [5, 5.41) is 12.3. The molecule has 21 heavy (non-hydrogen) atoms. The van der Waals surface area contributed by atoms with Crippen LogP contribution in [0.5, 0.6) is 0 Å². The van der Waals surface area contributed by atoms with Crippen molar-refractivity contribution in [3.8, 4) is 0 Å². The molecule has 0 aliphatic carbocycles. The number of carboxylic acids is 1. The van der Waals surface area contributed by atoms with Crippen LogP contribution in [0.3, 0.4) is 0 Å². The number of aliphatic carboxylic acids is 1. The Morgan fingerprint density at radius 3 is 3.10 bits per heavy atom. The van der Waals surface area contributed by atoms with E-state index in [-0.39, 0.29) is 12.5 Å². The van der Waals surface area contributed by atoms with Crippen LogP contribution in [0.15, 0.2) is 12.5 Å². The van der Waals surface area contributed by atoms with E-state index in [2.05, 4.69) is 22.2 Å². The van der Waals surface area contributed by atoms with Crippen LogP contribution in [0.4, 0.5) is 4.79 Å². The fourth-order valence-electron chi connectivity index (χ4n) is 2.21. The topological polar surface area (TPSA) is 98.3 Å². The van der Waals surface area contributed by atoms with E-state index in [1.165, 1.54) is 6.33 Å². The van der Waals surface area contributed by atoms with Crippen molar-refractivity contribution in [1.29, 1.82) is 0 Å². The third-order valence-corrected chi connectivity index (χ3v) is 4.83. The zero-order valence-electron chi connectivity index (χ0n) is 11.9. The Morgan fingerprint density at radius 2 is 2.48 bits per heavy atom. The minimum Gasteiger partial charge on any atom is -0.480 e. The molecule has 1 aliphatic rings. The van der Waals surface area contributed by atoms with Gasteiger partial charge in [0.05, 0.1) is 6.33 Å². The van der Waals surface area contributed by atoms with Crippen LogP contribution in [0.25, 0.3) is 0 Å². The number of imidazole rings is 1. The van der Waals surface area contributed by atoms with Gasteiger partial charge in [0, 0.05) is 42.4 Å². The van der Waals surface area contributed by atoms with Crippen LogP contribution in [-0.2, 0) is 11.2 Å². The molecular formula is C13H20N4O3S. The Balaban J connectivity index is 1.93. The number of hydrogen-bond donors (Lipinski definition) is 3. The lowest BCUT2D eigenvalue weighted by Crippen LogP contribution is -2.52. The number of rotatable bonds is 5. The highest BCUT2D eigenvalue weighted by Gasteiger charge is 2.27. The summed E-state index contributed by atoms with van der Waals surface area (Å²) in [6, 6.07) is -1.26. The van der Waals surface area contributed by atoms with Gasteiger partial charge >= 0.3 is 12.0 Å². The van der Waals surface area contributed by atoms with Gasteiger partial charge < -0.3 is 20.3 Å². The van der Waals surface area contributed by atoms with Crippen molar-refractivity contribution in [1.82, 2.24) is 20.2 Å². The largest absolute Gasteiger partial charge is 0.480 e. The third kappa shape index (κ3) is 4.38. The number of hydrogen-bond acceptors (Lipinski definition) is 4. The number of carbonyl (C=O) groups is 2. The number of urea groups is 1. The first kappa shape index (κ1) is 15.7. The van der Waals surface area contributed by atoms with Gasteiger partial charge in [-0.3, -0.25) is 0 Å². The van der Waals surface area contributed by atoms with E-state index in [1.54, 1.807) is 11.1 Å². The Bertz CT molecular complexity index is 480. The molecule has 0 saturated carbocycles. The highest BCUT2D eigenvalue weighted by atomic mass is 32.2.